The van der Waals surface area contributed by atoms with Crippen molar-refractivity contribution in [3.05, 3.63) is 76.5 Å². The number of hydrogen-bond acceptors (Lipinski definition) is 4. The summed E-state index contributed by atoms with van der Waals surface area (Å²) in [6, 6.07) is 8.52. The lowest BCUT2D eigenvalue weighted by Gasteiger charge is -2.37. The Morgan fingerprint density at radius 1 is 1.19 bits per heavy atom. The fourth-order valence-electron chi connectivity index (χ4n) is 3.98. The Kier molecular flexibility index (Phi) is 5.96. The van der Waals surface area contributed by atoms with Gasteiger partial charge in [0.2, 0.25) is 0 Å². The van der Waals surface area contributed by atoms with Crippen LogP contribution in [0.4, 0.5) is 13.2 Å². The predicted octanol–water partition coefficient (Wildman–Crippen LogP) is 4.24. The van der Waals surface area contributed by atoms with Gasteiger partial charge in [-0.05, 0) is 38.4 Å². The molecule has 1 aromatic carbocycles. The second-order valence-corrected chi connectivity index (χ2v) is 8.20. The van der Waals surface area contributed by atoms with Crippen LogP contribution in [-0.2, 0) is 12.6 Å². The number of likely N-dealkylation sites (N-methyl/N-ethyl adjacent to an activating group) is 1. The zero-order chi connectivity index (χ0) is 23.0. The van der Waals surface area contributed by atoms with E-state index in [0.717, 1.165) is 11.8 Å². The molecule has 1 unspecified atom stereocenters. The van der Waals surface area contributed by atoms with Crippen LogP contribution in [0.5, 0.6) is 0 Å². The fraction of sp³-hybridized carbons (Fsp3) is 0.318. The molecule has 32 heavy (non-hydrogen) atoms. The number of hydrogen-bond donors (Lipinski definition) is 0. The molecular weight excluding hydrogens is 443 g/mol. The summed E-state index contributed by atoms with van der Waals surface area (Å²) in [7, 11) is 3.73. The number of rotatable bonds is 4. The smallest absolute Gasteiger partial charge is 0.328 e. The molecule has 0 fully saturated rings. The number of carbonyl (C=O) groups is 1. The van der Waals surface area contributed by atoms with Crippen molar-refractivity contribution in [2.45, 2.75) is 18.6 Å². The number of pyridine rings is 1. The van der Waals surface area contributed by atoms with Crippen LogP contribution in [0.25, 0.3) is 5.82 Å². The van der Waals surface area contributed by atoms with E-state index in [0.29, 0.717) is 31.0 Å². The first kappa shape index (κ1) is 22.3. The van der Waals surface area contributed by atoms with Gasteiger partial charge in [0.05, 0.1) is 33.6 Å². The van der Waals surface area contributed by atoms with Crippen LogP contribution in [-0.4, -0.2) is 57.4 Å². The van der Waals surface area contributed by atoms with Crippen LogP contribution in [0.1, 0.15) is 33.4 Å². The molecule has 0 saturated heterocycles. The van der Waals surface area contributed by atoms with Gasteiger partial charge < -0.3 is 9.80 Å². The van der Waals surface area contributed by atoms with Crippen molar-refractivity contribution < 1.29 is 18.0 Å². The normalized spacial score (nSPS) is 16.3. The van der Waals surface area contributed by atoms with Crippen LogP contribution >= 0.6 is 11.6 Å². The van der Waals surface area contributed by atoms with Gasteiger partial charge in [0, 0.05) is 25.7 Å². The molecule has 0 spiro atoms. The van der Waals surface area contributed by atoms with E-state index in [9.17, 15) is 18.0 Å². The van der Waals surface area contributed by atoms with Crippen LogP contribution in [0.15, 0.2) is 48.9 Å². The number of benzene rings is 1. The monoisotopic (exact) mass is 463 g/mol. The van der Waals surface area contributed by atoms with Gasteiger partial charge in [0.1, 0.15) is 12.1 Å². The van der Waals surface area contributed by atoms with Crippen molar-refractivity contribution >= 4 is 17.5 Å². The first-order chi connectivity index (χ1) is 15.2. The minimum Gasteiger partial charge on any atom is -0.328 e. The Labute approximate surface area is 188 Å². The van der Waals surface area contributed by atoms with E-state index in [1.165, 1.54) is 12.1 Å². The highest BCUT2D eigenvalue weighted by molar-refractivity contribution is 6.34. The lowest BCUT2D eigenvalue weighted by atomic mass is 9.99. The molecule has 3 aromatic rings. The summed E-state index contributed by atoms with van der Waals surface area (Å²) >= 11 is 6.04. The topological polar surface area (TPSA) is 54.3 Å². The molecule has 1 aliphatic rings. The number of alkyl halides is 3. The Morgan fingerprint density at radius 2 is 1.97 bits per heavy atom. The average molecular weight is 464 g/mol. The summed E-state index contributed by atoms with van der Waals surface area (Å²) in [6.45, 7) is 0.768. The highest BCUT2D eigenvalue weighted by atomic mass is 35.5. The maximum Gasteiger partial charge on any atom is 0.417 e. The Balaban J connectivity index is 1.74. The Morgan fingerprint density at radius 3 is 2.62 bits per heavy atom. The van der Waals surface area contributed by atoms with E-state index in [-0.39, 0.29) is 5.56 Å². The molecule has 1 atom stereocenters. The van der Waals surface area contributed by atoms with E-state index in [2.05, 4.69) is 9.97 Å². The summed E-state index contributed by atoms with van der Waals surface area (Å²) in [6.07, 6.45) is -0.806. The fourth-order valence-corrected chi connectivity index (χ4v) is 4.30. The van der Waals surface area contributed by atoms with Crippen molar-refractivity contribution in [2.75, 3.05) is 27.2 Å². The van der Waals surface area contributed by atoms with Crippen molar-refractivity contribution in [3.8, 4) is 5.82 Å². The van der Waals surface area contributed by atoms with E-state index >= 15 is 0 Å². The SMILES string of the molecule is CN(C)CC1c2ncn(-c3ccccn3)c2CCN1C(=O)c1cccc(C(F)(F)F)c1Cl. The zero-order valence-corrected chi connectivity index (χ0v) is 18.2. The summed E-state index contributed by atoms with van der Waals surface area (Å²) in [5, 5.41) is -0.585. The number of amides is 1. The molecule has 0 radical (unpaired) electrons. The maximum atomic E-state index is 13.4. The van der Waals surface area contributed by atoms with E-state index < -0.39 is 28.7 Å². The first-order valence-electron chi connectivity index (χ1n) is 9.97. The largest absolute Gasteiger partial charge is 0.417 e. The number of halogens is 4. The van der Waals surface area contributed by atoms with Gasteiger partial charge >= 0.3 is 6.18 Å². The standard InChI is InChI=1S/C22H21ClF3N5O/c1-29(2)12-17-20-16(31(13-28-20)18-8-3-4-10-27-18)9-11-30(17)21(32)14-6-5-7-15(19(14)23)22(24,25)26/h3-8,10,13,17H,9,11-12H2,1-2H3. The number of carbonyl (C=O) groups excluding carboxylic acids is 1. The minimum atomic E-state index is -4.65. The molecule has 6 nitrogen and oxygen atoms in total. The number of imidazole rings is 1. The molecular formula is C22H21ClF3N5O. The van der Waals surface area contributed by atoms with Gasteiger partial charge in [-0.1, -0.05) is 23.7 Å². The van der Waals surface area contributed by atoms with Crippen LogP contribution in [0, 0.1) is 0 Å². The number of fused-ring (bicyclic) bond motifs is 1. The van der Waals surface area contributed by atoms with Gasteiger partial charge in [-0.15, -0.1) is 0 Å². The molecule has 3 heterocycles. The summed E-state index contributed by atoms with van der Waals surface area (Å²) in [5.41, 5.74) is 0.436. The third-order valence-electron chi connectivity index (χ3n) is 5.41. The molecule has 4 rings (SSSR count). The Bertz CT molecular complexity index is 1130. The third-order valence-corrected chi connectivity index (χ3v) is 5.82. The van der Waals surface area contributed by atoms with E-state index in [1.54, 1.807) is 17.4 Å². The van der Waals surface area contributed by atoms with Gasteiger partial charge in [0.15, 0.2) is 0 Å². The second kappa shape index (κ2) is 8.55. The molecule has 0 bridgehead atoms. The van der Waals surface area contributed by atoms with Crippen LogP contribution in [0.3, 0.4) is 0 Å². The van der Waals surface area contributed by atoms with Gasteiger partial charge in [-0.25, -0.2) is 9.97 Å². The Hall–Kier alpha value is -2.91. The van der Waals surface area contributed by atoms with Crippen molar-refractivity contribution in [1.29, 1.82) is 0 Å². The summed E-state index contributed by atoms with van der Waals surface area (Å²) in [4.78, 5) is 25.8. The lowest BCUT2D eigenvalue weighted by Crippen LogP contribution is -2.44. The zero-order valence-electron chi connectivity index (χ0n) is 17.5. The summed E-state index contributed by atoms with van der Waals surface area (Å²) in [5.74, 6) is 0.163. The quantitative estimate of drug-likeness (QED) is 0.580. The van der Waals surface area contributed by atoms with E-state index in [4.69, 9.17) is 11.6 Å². The lowest BCUT2D eigenvalue weighted by molar-refractivity contribution is -0.137. The molecule has 0 saturated carbocycles. The highest BCUT2D eigenvalue weighted by Gasteiger charge is 2.38. The highest BCUT2D eigenvalue weighted by Crippen LogP contribution is 2.38. The number of aromatic nitrogens is 3. The molecule has 0 N–H and O–H groups in total. The maximum absolute atomic E-state index is 13.4. The molecule has 1 amide bonds. The summed E-state index contributed by atoms with van der Waals surface area (Å²) < 4.78 is 41.8. The second-order valence-electron chi connectivity index (χ2n) is 7.83. The van der Waals surface area contributed by atoms with Gasteiger partial charge in [-0.3, -0.25) is 9.36 Å². The minimum absolute atomic E-state index is 0.169. The van der Waals surface area contributed by atoms with E-state index in [1.807, 2.05) is 41.8 Å². The predicted molar refractivity (Wildman–Crippen MR) is 114 cm³/mol. The third kappa shape index (κ3) is 4.10. The van der Waals surface area contributed by atoms with Gasteiger partial charge in [-0.2, -0.15) is 13.2 Å². The van der Waals surface area contributed by atoms with Crippen molar-refractivity contribution in [1.82, 2.24) is 24.3 Å². The number of nitrogens with zero attached hydrogens (tertiary/aromatic N) is 5. The molecule has 0 aliphatic carbocycles. The van der Waals surface area contributed by atoms with Gasteiger partial charge in [0.25, 0.3) is 5.91 Å². The molecule has 10 heteroatoms. The van der Waals surface area contributed by atoms with Crippen LogP contribution in [0.2, 0.25) is 5.02 Å². The van der Waals surface area contributed by atoms with Crippen molar-refractivity contribution in [3.63, 3.8) is 0 Å². The average Bonchev–Trinajstić information content (AvgIpc) is 3.18. The molecule has 168 valence electrons. The molecule has 2 aromatic heterocycles. The molecule has 1 aliphatic heterocycles. The first-order valence-corrected chi connectivity index (χ1v) is 10.3. The van der Waals surface area contributed by atoms with Crippen LogP contribution < -0.4 is 0 Å². The van der Waals surface area contributed by atoms with Crippen molar-refractivity contribution in [2.24, 2.45) is 0 Å².